The van der Waals surface area contributed by atoms with Crippen LogP contribution in [0.3, 0.4) is 0 Å². The van der Waals surface area contributed by atoms with E-state index >= 15 is 0 Å². The Morgan fingerprint density at radius 1 is 1.06 bits per heavy atom. The molecule has 80 valence electrons. The van der Waals surface area contributed by atoms with E-state index in [0.29, 0.717) is 5.15 Å². The van der Waals surface area contributed by atoms with Gasteiger partial charge in [-0.3, -0.25) is 4.98 Å². The van der Waals surface area contributed by atoms with Crippen LogP contribution in [0.4, 0.5) is 0 Å². The molecule has 0 unspecified atom stereocenters. The number of halogens is 1. The van der Waals surface area contributed by atoms with Crippen molar-refractivity contribution in [1.82, 2.24) is 9.97 Å². The molecule has 0 N–H and O–H groups in total. The molecule has 0 radical (unpaired) electrons. The van der Waals surface area contributed by atoms with Crippen LogP contribution in [-0.4, -0.2) is 9.97 Å². The number of hydrogen-bond acceptors (Lipinski definition) is 3. The highest BCUT2D eigenvalue weighted by Crippen LogP contribution is 2.13. The SMILES string of the molecule is Clc1ccc2ccccc2n1.c1cscn1. The Labute approximate surface area is 103 Å². The number of pyridine rings is 1. The lowest BCUT2D eigenvalue weighted by atomic mass is 10.2. The Morgan fingerprint density at radius 2 is 1.94 bits per heavy atom. The normalized spacial score (nSPS) is 9.56. The van der Waals surface area contributed by atoms with Crippen LogP contribution < -0.4 is 0 Å². The molecule has 0 amide bonds. The highest BCUT2D eigenvalue weighted by atomic mass is 35.5. The summed E-state index contributed by atoms with van der Waals surface area (Å²) in [5.41, 5.74) is 2.74. The largest absolute Gasteiger partial charge is 0.253 e. The van der Waals surface area contributed by atoms with Gasteiger partial charge in [0.1, 0.15) is 5.15 Å². The number of para-hydroxylation sites is 1. The zero-order chi connectivity index (χ0) is 11.2. The minimum absolute atomic E-state index is 0.545. The monoisotopic (exact) mass is 248 g/mol. The van der Waals surface area contributed by atoms with Crippen LogP contribution in [-0.2, 0) is 0 Å². The van der Waals surface area contributed by atoms with Gasteiger partial charge in [0.2, 0.25) is 0 Å². The molecule has 2 heterocycles. The molecule has 2 nitrogen and oxygen atoms in total. The molecule has 0 spiro atoms. The van der Waals surface area contributed by atoms with Crippen molar-refractivity contribution in [3.8, 4) is 0 Å². The van der Waals surface area contributed by atoms with E-state index in [1.54, 1.807) is 29.1 Å². The van der Waals surface area contributed by atoms with Crippen LogP contribution in [0.15, 0.2) is 53.5 Å². The molecule has 0 saturated carbocycles. The molecule has 0 saturated heterocycles. The van der Waals surface area contributed by atoms with Gasteiger partial charge in [-0.15, -0.1) is 11.3 Å². The van der Waals surface area contributed by atoms with Crippen LogP contribution >= 0.6 is 22.9 Å². The Hall–Kier alpha value is -1.45. The van der Waals surface area contributed by atoms with Gasteiger partial charge in [-0.25, -0.2) is 4.98 Å². The highest BCUT2D eigenvalue weighted by molar-refractivity contribution is 7.07. The lowest BCUT2D eigenvalue weighted by molar-refractivity contribution is 1.41. The molecular weight excluding hydrogens is 240 g/mol. The third-order valence-corrected chi connectivity index (χ3v) is 2.64. The molecule has 3 aromatic rings. The summed E-state index contributed by atoms with van der Waals surface area (Å²) < 4.78 is 0. The number of fused-ring (bicyclic) bond motifs is 1. The van der Waals surface area contributed by atoms with E-state index in [-0.39, 0.29) is 0 Å². The van der Waals surface area contributed by atoms with E-state index in [1.807, 2.05) is 35.7 Å². The second-order valence-corrected chi connectivity index (χ2v) is 4.14. The summed E-state index contributed by atoms with van der Waals surface area (Å²) >= 11 is 7.31. The van der Waals surface area contributed by atoms with E-state index in [1.165, 1.54) is 0 Å². The molecule has 0 aliphatic carbocycles. The van der Waals surface area contributed by atoms with Crippen molar-refractivity contribution in [3.63, 3.8) is 0 Å². The van der Waals surface area contributed by atoms with Gasteiger partial charge in [0.15, 0.2) is 0 Å². The quantitative estimate of drug-likeness (QED) is 0.562. The van der Waals surface area contributed by atoms with Gasteiger partial charge in [-0.1, -0.05) is 29.8 Å². The number of aromatic nitrogens is 2. The fourth-order valence-corrected chi connectivity index (χ4v) is 1.72. The molecule has 1 aromatic carbocycles. The molecule has 0 bridgehead atoms. The van der Waals surface area contributed by atoms with Gasteiger partial charge in [0.05, 0.1) is 11.0 Å². The van der Waals surface area contributed by atoms with Gasteiger partial charge in [0.25, 0.3) is 0 Å². The van der Waals surface area contributed by atoms with Crippen molar-refractivity contribution < 1.29 is 0 Å². The van der Waals surface area contributed by atoms with E-state index in [2.05, 4.69) is 9.97 Å². The summed E-state index contributed by atoms with van der Waals surface area (Å²) in [6, 6.07) is 11.7. The lowest BCUT2D eigenvalue weighted by Gasteiger charge is -1.94. The van der Waals surface area contributed by atoms with Crippen molar-refractivity contribution in [2.75, 3.05) is 0 Å². The predicted octanol–water partition coefficient (Wildman–Crippen LogP) is 4.03. The first-order valence-electron chi connectivity index (χ1n) is 4.70. The third kappa shape index (κ3) is 3.02. The van der Waals surface area contributed by atoms with E-state index < -0.39 is 0 Å². The standard InChI is InChI=1S/C9H6ClN.C3H3NS/c10-9-6-5-7-3-1-2-4-8(7)11-9;1-2-5-3-4-1/h1-6H;1-3H. The smallest absolute Gasteiger partial charge is 0.129 e. The Kier molecular flexibility index (Phi) is 3.86. The van der Waals surface area contributed by atoms with Crippen LogP contribution in [0.1, 0.15) is 0 Å². The van der Waals surface area contributed by atoms with Crippen molar-refractivity contribution >= 4 is 33.8 Å². The minimum Gasteiger partial charge on any atom is -0.253 e. The molecule has 3 rings (SSSR count). The number of nitrogens with zero attached hydrogens (tertiary/aromatic N) is 2. The average molecular weight is 249 g/mol. The molecular formula is C12H9ClN2S. The van der Waals surface area contributed by atoms with Crippen LogP contribution in [0, 0.1) is 0 Å². The minimum atomic E-state index is 0.545. The Bertz CT molecular complexity index is 535. The summed E-state index contributed by atoms with van der Waals surface area (Å²) in [7, 11) is 0. The maximum Gasteiger partial charge on any atom is 0.129 e. The summed E-state index contributed by atoms with van der Waals surface area (Å²) in [6.07, 6.45) is 1.77. The zero-order valence-electron chi connectivity index (χ0n) is 8.38. The zero-order valence-corrected chi connectivity index (χ0v) is 9.95. The van der Waals surface area contributed by atoms with Crippen LogP contribution in [0.25, 0.3) is 10.9 Å². The summed E-state index contributed by atoms with van der Waals surface area (Å²) in [6.45, 7) is 0. The second-order valence-electron chi connectivity index (χ2n) is 3.00. The molecule has 0 aliphatic rings. The number of benzene rings is 1. The van der Waals surface area contributed by atoms with Crippen molar-refractivity contribution in [2.24, 2.45) is 0 Å². The molecule has 16 heavy (non-hydrogen) atoms. The topological polar surface area (TPSA) is 25.8 Å². The van der Waals surface area contributed by atoms with E-state index in [4.69, 9.17) is 11.6 Å². The van der Waals surface area contributed by atoms with Gasteiger partial charge < -0.3 is 0 Å². The Morgan fingerprint density at radius 3 is 2.62 bits per heavy atom. The van der Waals surface area contributed by atoms with Crippen molar-refractivity contribution in [3.05, 3.63) is 58.6 Å². The maximum atomic E-state index is 5.71. The first kappa shape index (κ1) is 11.0. The third-order valence-electron chi connectivity index (χ3n) is 1.91. The summed E-state index contributed by atoms with van der Waals surface area (Å²) in [5.74, 6) is 0. The fraction of sp³-hybridized carbons (Fsp3) is 0. The van der Waals surface area contributed by atoms with Crippen LogP contribution in [0.2, 0.25) is 5.15 Å². The first-order valence-corrected chi connectivity index (χ1v) is 6.02. The van der Waals surface area contributed by atoms with E-state index in [0.717, 1.165) is 10.9 Å². The maximum absolute atomic E-state index is 5.71. The van der Waals surface area contributed by atoms with Crippen molar-refractivity contribution in [2.45, 2.75) is 0 Å². The highest BCUT2D eigenvalue weighted by Gasteiger charge is 1.92. The van der Waals surface area contributed by atoms with Crippen molar-refractivity contribution in [1.29, 1.82) is 0 Å². The van der Waals surface area contributed by atoms with E-state index in [9.17, 15) is 0 Å². The number of hydrogen-bond donors (Lipinski definition) is 0. The molecule has 2 aromatic heterocycles. The molecule has 0 atom stereocenters. The Balaban J connectivity index is 0.000000162. The fourth-order valence-electron chi connectivity index (χ4n) is 1.22. The molecule has 0 aliphatic heterocycles. The van der Waals surface area contributed by atoms with Gasteiger partial charge >= 0.3 is 0 Å². The summed E-state index contributed by atoms with van der Waals surface area (Å²) in [4.78, 5) is 7.88. The number of thiazole rings is 1. The average Bonchev–Trinajstić information content (AvgIpc) is 2.87. The first-order chi connectivity index (χ1) is 7.86. The summed E-state index contributed by atoms with van der Waals surface area (Å²) in [5, 5.41) is 3.60. The van der Waals surface area contributed by atoms with Gasteiger partial charge in [-0.2, -0.15) is 0 Å². The predicted molar refractivity (Wildman–Crippen MR) is 68.9 cm³/mol. The molecule has 0 fully saturated rings. The second kappa shape index (κ2) is 5.58. The number of rotatable bonds is 0. The van der Waals surface area contributed by atoms with Gasteiger partial charge in [-0.05, 0) is 18.2 Å². The lowest BCUT2D eigenvalue weighted by Crippen LogP contribution is -1.76. The van der Waals surface area contributed by atoms with Crippen LogP contribution in [0.5, 0.6) is 0 Å². The van der Waals surface area contributed by atoms with Gasteiger partial charge in [0, 0.05) is 17.0 Å². The molecule has 4 heteroatoms.